The fourth-order valence-electron chi connectivity index (χ4n) is 4.35. The number of carboxylic acids is 2. The first-order valence-electron chi connectivity index (χ1n) is 12.1. The maximum atomic E-state index is 13.4. The molecule has 200 valence electrons. The standard InChI is InChI=1S/C27H28BrN3O6S/c1-15-5-7-18(8-6-15)31-26(34)22(16-9-11-29-12-10-16)30-19-4-2-3-17(13-19)24-21(28)23(37-14-20(32)33)25(38-24)27(35)36/h2-8,13,16,22,29-30H,9-12,14H2,1H3,(H,31,34)(H,32,33)(H,35,36). The highest BCUT2D eigenvalue weighted by Crippen LogP contribution is 2.46. The maximum absolute atomic E-state index is 13.4. The van der Waals surface area contributed by atoms with Gasteiger partial charge < -0.3 is 30.9 Å². The number of carbonyl (C=O) groups excluding carboxylic acids is 1. The summed E-state index contributed by atoms with van der Waals surface area (Å²) in [5.74, 6) is -2.45. The molecule has 1 unspecified atom stereocenters. The van der Waals surface area contributed by atoms with E-state index in [0.717, 1.165) is 48.5 Å². The van der Waals surface area contributed by atoms with Crippen molar-refractivity contribution >= 4 is 56.5 Å². The molecule has 38 heavy (non-hydrogen) atoms. The minimum Gasteiger partial charge on any atom is -0.479 e. The second-order valence-corrected chi connectivity index (χ2v) is 10.9. The van der Waals surface area contributed by atoms with E-state index in [1.807, 2.05) is 55.5 Å². The number of ether oxygens (including phenoxy) is 1. The molecule has 0 aliphatic carbocycles. The molecule has 0 bridgehead atoms. The summed E-state index contributed by atoms with van der Waals surface area (Å²) in [7, 11) is 0. The first-order chi connectivity index (χ1) is 18.2. The van der Waals surface area contributed by atoms with E-state index in [1.165, 1.54) is 0 Å². The normalized spacial score (nSPS) is 14.5. The fourth-order valence-corrected chi connectivity index (χ4v) is 6.23. The molecule has 1 amide bonds. The van der Waals surface area contributed by atoms with Crippen molar-refractivity contribution in [2.45, 2.75) is 25.8 Å². The number of halogens is 1. The minimum absolute atomic E-state index is 0.0247. The summed E-state index contributed by atoms with van der Waals surface area (Å²) < 4.78 is 5.64. The molecule has 2 heterocycles. The van der Waals surface area contributed by atoms with Gasteiger partial charge in [-0.05, 0) is 84.5 Å². The zero-order valence-corrected chi connectivity index (χ0v) is 23.0. The van der Waals surface area contributed by atoms with Gasteiger partial charge in [0.05, 0.1) is 9.35 Å². The first kappa shape index (κ1) is 27.6. The van der Waals surface area contributed by atoms with Crippen LogP contribution < -0.4 is 20.7 Å². The number of hydrogen-bond donors (Lipinski definition) is 5. The highest BCUT2D eigenvalue weighted by molar-refractivity contribution is 9.10. The molecule has 1 saturated heterocycles. The van der Waals surface area contributed by atoms with Crippen molar-refractivity contribution in [3.63, 3.8) is 0 Å². The largest absolute Gasteiger partial charge is 0.479 e. The number of piperidine rings is 1. The van der Waals surface area contributed by atoms with E-state index in [2.05, 4.69) is 31.9 Å². The molecule has 5 N–H and O–H groups in total. The smallest absolute Gasteiger partial charge is 0.349 e. The van der Waals surface area contributed by atoms with Crippen molar-refractivity contribution in [1.29, 1.82) is 0 Å². The second-order valence-electron chi connectivity index (χ2n) is 9.04. The Morgan fingerprint density at radius 3 is 2.47 bits per heavy atom. The first-order valence-corrected chi connectivity index (χ1v) is 13.7. The van der Waals surface area contributed by atoms with E-state index in [0.29, 0.717) is 20.6 Å². The number of amides is 1. The van der Waals surface area contributed by atoms with Crippen LogP contribution in [0.4, 0.5) is 11.4 Å². The van der Waals surface area contributed by atoms with Crippen molar-refractivity contribution in [3.05, 3.63) is 63.4 Å². The van der Waals surface area contributed by atoms with Gasteiger partial charge in [0.1, 0.15) is 6.04 Å². The summed E-state index contributed by atoms with van der Waals surface area (Å²) >= 11 is 4.38. The van der Waals surface area contributed by atoms with E-state index in [-0.39, 0.29) is 22.5 Å². The summed E-state index contributed by atoms with van der Waals surface area (Å²) in [6, 6.07) is 14.5. The van der Waals surface area contributed by atoms with Crippen molar-refractivity contribution in [1.82, 2.24) is 5.32 Å². The van der Waals surface area contributed by atoms with Crippen molar-refractivity contribution in [3.8, 4) is 16.2 Å². The Morgan fingerprint density at radius 1 is 1.11 bits per heavy atom. The molecule has 0 saturated carbocycles. The van der Waals surface area contributed by atoms with Gasteiger partial charge in [0.2, 0.25) is 5.91 Å². The van der Waals surface area contributed by atoms with Crippen LogP contribution in [0.2, 0.25) is 0 Å². The van der Waals surface area contributed by atoms with Crippen LogP contribution in [0.3, 0.4) is 0 Å². The number of benzene rings is 2. The lowest BCUT2D eigenvalue weighted by Gasteiger charge is -2.31. The molecule has 2 aromatic carbocycles. The molecule has 1 aliphatic heterocycles. The van der Waals surface area contributed by atoms with Crippen molar-refractivity contribution in [2.24, 2.45) is 5.92 Å². The van der Waals surface area contributed by atoms with Crippen LogP contribution >= 0.6 is 27.3 Å². The van der Waals surface area contributed by atoms with Gasteiger partial charge in [0.15, 0.2) is 17.2 Å². The van der Waals surface area contributed by atoms with Gasteiger partial charge in [-0.15, -0.1) is 11.3 Å². The molecule has 9 nitrogen and oxygen atoms in total. The van der Waals surface area contributed by atoms with Crippen LogP contribution in [-0.4, -0.2) is 53.8 Å². The average molecular weight is 603 g/mol. The van der Waals surface area contributed by atoms with Crippen molar-refractivity contribution < 1.29 is 29.3 Å². The monoisotopic (exact) mass is 601 g/mol. The van der Waals surface area contributed by atoms with Gasteiger partial charge in [0.25, 0.3) is 0 Å². The summed E-state index contributed by atoms with van der Waals surface area (Å²) in [5, 5.41) is 28.4. The fraction of sp³-hybridized carbons (Fsp3) is 0.296. The summed E-state index contributed by atoms with van der Waals surface area (Å²) in [5.41, 5.74) is 3.24. The van der Waals surface area contributed by atoms with E-state index in [1.54, 1.807) is 0 Å². The van der Waals surface area contributed by atoms with E-state index >= 15 is 0 Å². The Hall–Kier alpha value is -3.41. The lowest BCUT2D eigenvalue weighted by Crippen LogP contribution is -2.45. The second kappa shape index (κ2) is 12.4. The Bertz CT molecular complexity index is 1320. The highest BCUT2D eigenvalue weighted by atomic mass is 79.9. The zero-order valence-electron chi connectivity index (χ0n) is 20.6. The zero-order chi connectivity index (χ0) is 27.2. The van der Waals surface area contributed by atoms with Gasteiger partial charge in [-0.3, -0.25) is 4.79 Å². The molecule has 11 heteroatoms. The van der Waals surface area contributed by atoms with Crippen LogP contribution in [0.25, 0.3) is 10.4 Å². The van der Waals surface area contributed by atoms with Gasteiger partial charge in [-0.25, -0.2) is 9.59 Å². The molecule has 1 fully saturated rings. The number of hydrogen-bond acceptors (Lipinski definition) is 7. The Balaban J connectivity index is 1.61. The highest BCUT2D eigenvalue weighted by Gasteiger charge is 2.30. The van der Waals surface area contributed by atoms with E-state index < -0.39 is 24.6 Å². The van der Waals surface area contributed by atoms with Crippen LogP contribution in [0.1, 0.15) is 28.1 Å². The molecular formula is C27H28BrN3O6S. The molecular weight excluding hydrogens is 574 g/mol. The van der Waals surface area contributed by atoms with Crippen molar-refractivity contribution in [2.75, 3.05) is 30.3 Å². The van der Waals surface area contributed by atoms with Crippen LogP contribution in [0.5, 0.6) is 5.75 Å². The Morgan fingerprint density at radius 2 is 1.82 bits per heavy atom. The molecule has 1 aromatic heterocycles. The van der Waals surface area contributed by atoms with E-state index in [4.69, 9.17) is 9.84 Å². The quantitative estimate of drug-likeness (QED) is 0.217. The molecule has 3 aromatic rings. The number of aromatic carboxylic acids is 1. The topological polar surface area (TPSA) is 137 Å². The van der Waals surface area contributed by atoms with Gasteiger partial charge in [-0.1, -0.05) is 29.8 Å². The third-order valence-electron chi connectivity index (χ3n) is 6.25. The van der Waals surface area contributed by atoms with Crippen LogP contribution in [0, 0.1) is 12.8 Å². The summed E-state index contributed by atoms with van der Waals surface area (Å²) in [6.07, 6.45) is 1.70. The van der Waals surface area contributed by atoms with Crippen LogP contribution in [-0.2, 0) is 9.59 Å². The SMILES string of the molecule is Cc1ccc(NC(=O)C(Nc2cccc(-c3sc(C(=O)O)c(OCC(=O)O)c3Br)c2)C2CCNCC2)cc1. The van der Waals surface area contributed by atoms with Crippen LogP contribution in [0.15, 0.2) is 53.0 Å². The molecule has 1 aliphatic rings. The predicted octanol–water partition coefficient (Wildman–Crippen LogP) is 5.07. The lowest BCUT2D eigenvalue weighted by molar-refractivity contribution is -0.139. The minimum atomic E-state index is -1.21. The number of carbonyl (C=O) groups is 3. The molecule has 0 radical (unpaired) electrons. The third kappa shape index (κ3) is 6.72. The molecule has 4 rings (SSSR count). The molecule has 0 spiro atoms. The average Bonchev–Trinajstić information content (AvgIpc) is 3.24. The Labute approximate surface area is 232 Å². The number of aliphatic carboxylic acids is 1. The van der Waals surface area contributed by atoms with E-state index in [9.17, 15) is 19.5 Å². The van der Waals surface area contributed by atoms with Gasteiger partial charge >= 0.3 is 11.9 Å². The number of anilines is 2. The number of nitrogens with one attached hydrogen (secondary N) is 3. The number of rotatable bonds is 10. The third-order valence-corrected chi connectivity index (χ3v) is 8.47. The van der Waals surface area contributed by atoms with Gasteiger partial charge in [0, 0.05) is 11.4 Å². The number of thiophene rings is 1. The molecule has 1 atom stereocenters. The number of carboxylic acid groups (broad SMARTS) is 2. The number of aryl methyl sites for hydroxylation is 1. The Kier molecular flexibility index (Phi) is 9.03. The van der Waals surface area contributed by atoms with Gasteiger partial charge in [-0.2, -0.15) is 0 Å². The lowest BCUT2D eigenvalue weighted by atomic mass is 9.89. The summed E-state index contributed by atoms with van der Waals surface area (Å²) in [4.78, 5) is 36.7. The summed E-state index contributed by atoms with van der Waals surface area (Å²) in [6.45, 7) is 3.00. The predicted molar refractivity (Wildman–Crippen MR) is 150 cm³/mol. The maximum Gasteiger partial charge on any atom is 0.349 e.